The fourth-order valence-corrected chi connectivity index (χ4v) is 4.03. The zero-order chi connectivity index (χ0) is 24.1. The molecule has 2 N–H and O–H groups in total. The summed E-state index contributed by atoms with van der Waals surface area (Å²) in [5.41, 5.74) is 2.49. The number of carboxylic acids is 1. The van der Waals surface area contributed by atoms with Crippen LogP contribution >= 0.6 is 23.4 Å². The van der Waals surface area contributed by atoms with Gasteiger partial charge in [0, 0.05) is 5.02 Å². The highest BCUT2D eigenvalue weighted by Gasteiger charge is 2.24. The number of hydrogen-bond donors (Lipinski definition) is 2. The van der Waals surface area contributed by atoms with Crippen LogP contribution in [0.25, 0.3) is 6.08 Å². The molecular formula is C25H19ClN2O5S. The predicted molar refractivity (Wildman–Crippen MR) is 133 cm³/mol. The molecule has 7 nitrogen and oxygen atoms in total. The minimum absolute atomic E-state index is 0.217. The number of rotatable bonds is 7. The first kappa shape index (κ1) is 23.4. The molecule has 0 radical (unpaired) electrons. The molecular weight excluding hydrogens is 476 g/mol. The summed E-state index contributed by atoms with van der Waals surface area (Å²) in [6, 6.07) is 18.8. The number of thioether (sulfide) groups is 1. The van der Waals surface area contributed by atoms with Crippen molar-refractivity contribution in [2.45, 2.75) is 6.61 Å². The first-order valence-electron chi connectivity index (χ1n) is 10.1. The number of nitrogens with one attached hydrogen (secondary N) is 1. The molecule has 0 atom stereocenters. The lowest BCUT2D eigenvalue weighted by molar-refractivity contribution is -0.115. The average molecular weight is 495 g/mol. The third-order valence-electron chi connectivity index (χ3n) is 4.79. The Labute approximate surface area is 205 Å². The van der Waals surface area contributed by atoms with Crippen LogP contribution in [0.2, 0.25) is 5.02 Å². The Morgan fingerprint density at radius 1 is 1.09 bits per heavy atom. The molecule has 1 aliphatic heterocycles. The van der Waals surface area contributed by atoms with Gasteiger partial charge in [-0.25, -0.2) is 9.79 Å². The van der Waals surface area contributed by atoms with Crippen LogP contribution < -0.4 is 14.8 Å². The van der Waals surface area contributed by atoms with E-state index < -0.39 is 5.97 Å². The molecule has 1 fully saturated rings. The largest absolute Gasteiger partial charge is 0.493 e. The zero-order valence-electron chi connectivity index (χ0n) is 17.9. The van der Waals surface area contributed by atoms with Crippen molar-refractivity contribution < 1.29 is 24.2 Å². The lowest BCUT2D eigenvalue weighted by atomic mass is 10.1. The van der Waals surface area contributed by atoms with Gasteiger partial charge in [-0.3, -0.25) is 4.79 Å². The van der Waals surface area contributed by atoms with E-state index in [1.54, 1.807) is 54.6 Å². The van der Waals surface area contributed by atoms with Crippen molar-refractivity contribution in [3.05, 3.63) is 93.3 Å². The number of carbonyl (C=O) groups is 2. The topological polar surface area (TPSA) is 97.2 Å². The highest BCUT2D eigenvalue weighted by atomic mass is 35.5. The molecule has 1 heterocycles. The lowest BCUT2D eigenvalue weighted by Gasteiger charge is -2.11. The molecule has 1 saturated heterocycles. The maximum absolute atomic E-state index is 12.4. The smallest absolute Gasteiger partial charge is 0.335 e. The first-order chi connectivity index (χ1) is 16.4. The molecule has 1 amide bonds. The van der Waals surface area contributed by atoms with Gasteiger partial charge in [0.15, 0.2) is 16.7 Å². The number of nitrogens with zero attached hydrogens (tertiary/aromatic N) is 1. The number of aliphatic imine (C=N–C) groups is 1. The van der Waals surface area contributed by atoms with Crippen molar-refractivity contribution in [1.82, 2.24) is 5.32 Å². The van der Waals surface area contributed by atoms with Crippen LogP contribution in [0.4, 0.5) is 5.69 Å². The molecule has 0 bridgehead atoms. The van der Waals surface area contributed by atoms with Crippen molar-refractivity contribution in [3.8, 4) is 11.5 Å². The fourth-order valence-electron chi connectivity index (χ4n) is 3.06. The molecule has 0 spiro atoms. The Morgan fingerprint density at radius 2 is 1.82 bits per heavy atom. The third kappa shape index (κ3) is 5.78. The summed E-state index contributed by atoms with van der Waals surface area (Å²) >= 11 is 7.14. The number of methoxy groups -OCH3 is 1. The van der Waals surface area contributed by atoms with Gasteiger partial charge in [-0.05, 0) is 77.5 Å². The van der Waals surface area contributed by atoms with E-state index in [9.17, 15) is 9.59 Å². The highest BCUT2D eigenvalue weighted by Crippen LogP contribution is 2.32. The molecule has 9 heteroatoms. The van der Waals surface area contributed by atoms with Crippen LogP contribution in [-0.2, 0) is 11.4 Å². The number of amides is 1. The summed E-state index contributed by atoms with van der Waals surface area (Å²) in [5, 5.41) is 12.9. The number of amidine groups is 1. The van der Waals surface area contributed by atoms with E-state index in [4.69, 9.17) is 26.2 Å². The molecule has 3 aromatic carbocycles. The molecule has 172 valence electrons. The predicted octanol–water partition coefficient (Wildman–Crippen LogP) is 5.52. The van der Waals surface area contributed by atoms with Gasteiger partial charge in [0.25, 0.3) is 5.91 Å². The summed E-state index contributed by atoms with van der Waals surface area (Å²) < 4.78 is 11.3. The van der Waals surface area contributed by atoms with E-state index in [0.29, 0.717) is 32.3 Å². The Morgan fingerprint density at radius 3 is 2.50 bits per heavy atom. The molecule has 0 saturated carbocycles. The van der Waals surface area contributed by atoms with Gasteiger partial charge in [-0.15, -0.1) is 0 Å². The highest BCUT2D eigenvalue weighted by molar-refractivity contribution is 8.18. The SMILES string of the molecule is COc1cc(/C=C2/SC(=Nc3ccc(Cl)cc3)NC2=O)ccc1OCc1ccc(C(=O)O)cc1. The van der Waals surface area contributed by atoms with Crippen LogP contribution in [-0.4, -0.2) is 29.3 Å². The second kappa shape index (κ2) is 10.5. The third-order valence-corrected chi connectivity index (χ3v) is 5.95. The normalized spacial score (nSPS) is 15.4. The van der Waals surface area contributed by atoms with Crippen molar-refractivity contribution in [2.24, 2.45) is 4.99 Å². The van der Waals surface area contributed by atoms with Crippen LogP contribution in [0.1, 0.15) is 21.5 Å². The molecule has 0 aliphatic carbocycles. The minimum Gasteiger partial charge on any atom is -0.493 e. The summed E-state index contributed by atoms with van der Waals surface area (Å²) in [4.78, 5) is 28.3. The number of carbonyl (C=O) groups excluding carboxylic acids is 1. The zero-order valence-corrected chi connectivity index (χ0v) is 19.5. The standard InChI is InChI=1S/C25H19ClN2O5S/c1-32-21-12-16(4-11-20(21)33-14-15-2-5-17(6-3-15)24(30)31)13-22-23(29)28-25(34-22)27-19-9-7-18(26)8-10-19/h2-13H,14H2,1H3,(H,30,31)(H,27,28,29)/b22-13+. The van der Waals surface area contributed by atoms with E-state index in [-0.39, 0.29) is 18.1 Å². The summed E-state index contributed by atoms with van der Waals surface area (Å²) in [6.45, 7) is 0.249. The van der Waals surface area contributed by atoms with Crippen molar-refractivity contribution in [2.75, 3.05) is 7.11 Å². The fraction of sp³-hybridized carbons (Fsp3) is 0.0800. The van der Waals surface area contributed by atoms with E-state index in [0.717, 1.165) is 11.1 Å². The van der Waals surface area contributed by atoms with E-state index in [1.165, 1.54) is 31.0 Å². The quantitative estimate of drug-likeness (QED) is 0.420. The Hall–Kier alpha value is -3.75. The second-order valence-electron chi connectivity index (χ2n) is 7.16. The number of hydrogen-bond acceptors (Lipinski definition) is 6. The molecule has 34 heavy (non-hydrogen) atoms. The molecule has 3 aromatic rings. The van der Waals surface area contributed by atoms with Crippen LogP contribution in [0.3, 0.4) is 0 Å². The Bertz CT molecular complexity index is 1290. The number of benzene rings is 3. The van der Waals surface area contributed by atoms with E-state index in [1.807, 2.05) is 6.07 Å². The van der Waals surface area contributed by atoms with Gasteiger partial charge in [0.1, 0.15) is 6.61 Å². The Balaban J connectivity index is 1.46. The molecule has 1 aliphatic rings. The summed E-state index contributed by atoms with van der Waals surface area (Å²) in [6.07, 6.45) is 1.75. The summed E-state index contributed by atoms with van der Waals surface area (Å²) in [7, 11) is 1.54. The maximum atomic E-state index is 12.4. The molecule has 0 unspecified atom stereocenters. The monoisotopic (exact) mass is 494 g/mol. The first-order valence-corrected chi connectivity index (χ1v) is 11.3. The van der Waals surface area contributed by atoms with Crippen molar-refractivity contribution >= 4 is 52.2 Å². The van der Waals surface area contributed by atoms with Gasteiger partial charge in [-0.2, -0.15) is 0 Å². The van der Waals surface area contributed by atoms with E-state index in [2.05, 4.69) is 10.3 Å². The number of halogens is 1. The number of aromatic carboxylic acids is 1. The lowest BCUT2D eigenvalue weighted by Crippen LogP contribution is -2.19. The number of carboxylic acid groups (broad SMARTS) is 1. The van der Waals surface area contributed by atoms with Gasteiger partial charge < -0.3 is 19.9 Å². The molecule has 4 rings (SSSR count). The van der Waals surface area contributed by atoms with Gasteiger partial charge >= 0.3 is 5.97 Å². The van der Waals surface area contributed by atoms with Gasteiger partial charge in [0.2, 0.25) is 0 Å². The molecule has 0 aromatic heterocycles. The van der Waals surface area contributed by atoms with Crippen LogP contribution in [0.15, 0.2) is 76.6 Å². The van der Waals surface area contributed by atoms with E-state index >= 15 is 0 Å². The van der Waals surface area contributed by atoms with Gasteiger partial charge in [-0.1, -0.05) is 29.8 Å². The number of ether oxygens (including phenoxy) is 2. The second-order valence-corrected chi connectivity index (χ2v) is 8.63. The van der Waals surface area contributed by atoms with Crippen LogP contribution in [0, 0.1) is 0 Å². The van der Waals surface area contributed by atoms with Crippen molar-refractivity contribution in [1.29, 1.82) is 0 Å². The minimum atomic E-state index is -0.976. The van der Waals surface area contributed by atoms with Gasteiger partial charge in [0.05, 0.1) is 23.3 Å². The summed E-state index contributed by atoms with van der Waals surface area (Å²) in [5.74, 6) is -0.173. The Kier molecular flexibility index (Phi) is 7.20. The maximum Gasteiger partial charge on any atom is 0.335 e. The van der Waals surface area contributed by atoms with Crippen LogP contribution in [0.5, 0.6) is 11.5 Å². The average Bonchev–Trinajstić information content (AvgIpc) is 3.18. The van der Waals surface area contributed by atoms with Crippen molar-refractivity contribution in [3.63, 3.8) is 0 Å².